The van der Waals surface area contributed by atoms with Gasteiger partial charge in [0, 0.05) is 26.5 Å². The van der Waals surface area contributed by atoms with E-state index in [2.05, 4.69) is 10.1 Å². The first-order valence-corrected chi connectivity index (χ1v) is 7.91. The Labute approximate surface area is 128 Å². The van der Waals surface area contributed by atoms with E-state index in [4.69, 9.17) is 4.74 Å². The maximum absolute atomic E-state index is 12.7. The topological polar surface area (TPSA) is 94.4 Å². The van der Waals surface area contributed by atoms with Gasteiger partial charge in [-0.1, -0.05) is 0 Å². The third kappa shape index (κ3) is 2.93. The smallest absolute Gasteiger partial charge is 0.342 e. The molecule has 2 rings (SSSR count). The number of esters is 1. The van der Waals surface area contributed by atoms with Crippen LogP contribution in [0.15, 0.2) is 35.7 Å². The van der Waals surface area contributed by atoms with Crippen LogP contribution in [0, 0.1) is 0 Å². The number of aromatic nitrogens is 3. The summed E-state index contributed by atoms with van der Waals surface area (Å²) < 4.78 is 32.5. The number of hydrogen-bond acceptors (Lipinski definition) is 6. The Morgan fingerprint density at radius 1 is 1.45 bits per heavy atom. The molecule has 0 amide bonds. The summed E-state index contributed by atoms with van der Waals surface area (Å²) in [5, 5.41) is 3.55. The van der Waals surface area contributed by atoms with E-state index in [9.17, 15) is 13.2 Å². The molecule has 0 aliphatic rings. The zero-order valence-corrected chi connectivity index (χ0v) is 13.2. The van der Waals surface area contributed by atoms with Gasteiger partial charge in [0.15, 0.2) is 0 Å². The van der Waals surface area contributed by atoms with E-state index in [1.165, 1.54) is 37.4 Å². The molecule has 0 fully saturated rings. The Bertz CT molecular complexity index is 771. The largest absolute Gasteiger partial charge is 0.462 e. The standard InChI is InChI=1S/C13H16N4O4S/c1-4-21-13(18)11-9-16(2)15-12(11)22(19,20)17(3)10-6-5-7-14-8-10/h5-9H,4H2,1-3H3. The molecule has 9 heteroatoms. The van der Waals surface area contributed by atoms with E-state index >= 15 is 0 Å². The van der Waals surface area contributed by atoms with E-state index in [-0.39, 0.29) is 17.2 Å². The molecule has 0 N–H and O–H groups in total. The SMILES string of the molecule is CCOC(=O)c1cn(C)nc1S(=O)(=O)N(C)c1cccnc1. The van der Waals surface area contributed by atoms with Gasteiger partial charge in [-0.25, -0.2) is 4.79 Å². The zero-order valence-electron chi connectivity index (χ0n) is 12.4. The quantitative estimate of drug-likeness (QED) is 0.756. The lowest BCUT2D eigenvalue weighted by Crippen LogP contribution is -2.28. The molecule has 0 bridgehead atoms. The van der Waals surface area contributed by atoms with Gasteiger partial charge in [-0.05, 0) is 19.1 Å². The summed E-state index contributed by atoms with van der Waals surface area (Å²) >= 11 is 0. The van der Waals surface area contributed by atoms with E-state index in [0.717, 1.165) is 4.31 Å². The molecule has 0 aliphatic heterocycles. The molecule has 2 aromatic rings. The molecule has 0 aliphatic carbocycles. The van der Waals surface area contributed by atoms with Crippen molar-refractivity contribution >= 4 is 21.7 Å². The Hall–Kier alpha value is -2.42. The number of carbonyl (C=O) groups excluding carboxylic acids is 1. The van der Waals surface area contributed by atoms with Crippen molar-refractivity contribution in [2.45, 2.75) is 11.9 Å². The van der Waals surface area contributed by atoms with Gasteiger partial charge in [0.1, 0.15) is 5.56 Å². The summed E-state index contributed by atoms with van der Waals surface area (Å²) in [6.45, 7) is 1.79. The summed E-state index contributed by atoms with van der Waals surface area (Å²) in [5.74, 6) is -0.728. The first-order chi connectivity index (χ1) is 10.4. The second-order valence-corrected chi connectivity index (χ2v) is 6.31. The molecule has 0 radical (unpaired) electrons. The molecule has 0 spiro atoms. The van der Waals surface area contributed by atoms with Gasteiger partial charge < -0.3 is 4.74 Å². The number of nitrogens with zero attached hydrogens (tertiary/aromatic N) is 4. The lowest BCUT2D eigenvalue weighted by atomic mass is 10.4. The normalized spacial score (nSPS) is 11.2. The predicted octanol–water partition coefficient (Wildman–Crippen LogP) is 0.817. The van der Waals surface area contributed by atoms with Crippen molar-refractivity contribution in [2.75, 3.05) is 18.0 Å². The molecule has 0 aromatic carbocycles. The number of ether oxygens (including phenoxy) is 1. The molecule has 2 aromatic heterocycles. The van der Waals surface area contributed by atoms with Crippen molar-refractivity contribution in [3.05, 3.63) is 36.3 Å². The molecule has 0 saturated heterocycles. The fraction of sp³-hybridized carbons (Fsp3) is 0.308. The second-order valence-electron chi connectivity index (χ2n) is 4.43. The Balaban J connectivity index is 2.48. The van der Waals surface area contributed by atoms with Gasteiger partial charge in [0.2, 0.25) is 5.03 Å². The zero-order chi connectivity index (χ0) is 16.3. The Kier molecular flexibility index (Phi) is 4.45. The molecule has 2 heterocycles. The van der Waals surface area contributed by atoms with Crippen LogP contribution in [0.5, 0.6) is 0 Å². The summed E-state index contributed by atoms with van der Waals surface area (Å²) in [6.07, 6.45) is 4.27. The van der Waals surface area contributed by atoms with E-state index < -0.39 is 16.0 Å². The summed E-state index contributed by atoms with van der Waals surface area (Å²) in [7, 11) is -1.10. The molecule has 0 saturated carbocycles. The van der Waals surface area contributed by atoms with Crippen LogP contribution in [0.2, 0.25) is 0 Å². The first-order valence-electron chi connectivity index (χ1n) is 6.47. The first kappa shape index (κ1) is 16.0. The molecule has 0 atom stereocenters. The maximum atomic E-state index is 12.7. The Morgan fingerprint density at radius 3 is 2.77 bits per heavy atom. The average molecular weight is 324 g/mol. The third-order valence-electron chi connectivity index (χ3n) is 2.90. The number of rotatable bonds is 5. The summed E-state index contributed by atoms with van der Waals surface area (Å²) in [6, 6.07) is 3.21. The van der Waals surface area contributed by atoms with E-state index in [1.807, 2.05) is 0 Å². The van der Waals surface area contributed by atoms with Gasteiger partial charge in [-0.15, -0.1) is 0 Å². The number of carbonyl (C=O) groups is 1. The van der Waals surface area contributed by atoms with Crippen molar-refractivity contribution in [3.8, 4) is 0 Å². The maximum Gasteiger partial charge on any atom is 0.342 e. The second kappa shape index (κ2) is 6.14. The summed E-state index contributed by atoms with van der Waals surface area (Å²) in [4.78, 5) is 15.8. The van der Waals surface area contributed by atoms with Crippen LogP contribution in [-0.2, 0) is 21.8 Å². The van der Waals surface area contributed by atoms with Crippen molar-refractivity contribution < 1.29 is 17.9 Å². The van der Waals surface area contributed by atoms with Gasteiger partial charge in [-0.2, -0.15) is 13.5 Å². The number of aryl methyl sites for hydroxylation is 1. The molecule has 8 nitrogen and oxygen atoms in total. The molecule has 22 heavy (non-hydrogen) atoms. The molecular weight excluding hydrogens is 308 g/mol. The van der Waals surface area contributed by atoms with Gasteiger partial charge in [0.05, 0.1) is 18.5 Å². The lowest BCUT2D eigenvalue weighted by molar-refractivity contribution is 0.0521. The fourth-order valence-corrected chi connectivity index (χ4v) is 3.11. The third-order valence-corrected chi connectivity index (χ3v) is 4.63. The summed E-state index contributed by atoms with van der Waals surface area (Å²) in [5.41, 5.74) is 0.267. The highest BCUT2D eigenvalue weighted by molar-refractivity contribution is 7.92. The van der Waals surface area contributed by atoms with Crippen LogP contribution in [0.1, 0.15) is 17.3 Å². The lowest BCUT2D eigenvalue weighted by Gasteiger charge is -2.17. The Morgan fingerprint density at radius 2 is 2.18 bits per heavy atom. The van der Waals surface area contributed by atoms with Crippen LogP contribution < -0.4 is 4.31 Å². The van der Waals surface area contributed by atoms with Crippen LogP contribution in [0.3, 0.4) is 0 Å². The van der Waals surface area contributed by atoms with Gasteiger partial charge in [0.25, 0.3) is 10.0 Å². The van der Waals surface area contributed by atoms with Crippen LogP contribution in [0.25, 0.3) is 0 Å². The minimum atomic E-state index is -4.00. The number of sulfonamides is 1. The number of anilines is 1. The van der Waals surface area contributed by atoms with Crippen molar-refractivity contribution in [3.63, 3.8) is 0 Å². The van der Waals surface area contributed by atoms with Crippen molar-refractivity contribution in [2.24, 2.45) is 7.05 Å². The van der Waals surface area contributed by atoms with Gasteiger partial charge in [-0.3, -0.25) is 14.0 Å². The monoisotopic (exact) mass is 324 g/mol. The molecular formula is C13H16N4O4S. The minimum Gasteiger partial charge on any atom is -0.462 e. The minimum absolute atomic E-state index is 0.0971. The predicted molar refractivity (Wildman–Crippen MR) is 79.0 cm³/mol. The molecule has 0 unspecified atom stereocenters. The van der Waals surface area contributed by atoms with Gasteiger partial charge >= 0.3 is 5.97 Å². The number of hydrogen-bond donors (Lipinski definition) is 0. The van der Waals surface area contributed by atoms with E-state index in [1.54, 1.807) is 19.1 Å². The van der Waals surface area contributed by atoms with Crippen LogP contribution >= 0.6 is 0 Å². The highest BCUT2D eigenvalue weighted by atomic mass is 32.2. The van der Waals surface area contributed by atoms with Crippen LogP contribution in [0.4, 0.5) is 5.69 Å². The van der Waals surface area contributed by atoms with Crippen molar-refractivity contribution in [1.29, 1.82) is 0 Å². The highest BCUT2D eigenvalue weighted by Crippen LogP contribution is 2.23. The fourth-order valence-electron chi connectivity index (χ4n) is 1.82. The average Bonchev–Trinajstić information content (AvgIpc) is 2.90. The molecule has 118 valence electrons. The van der Waals surface area contributed by atoms with Crippen molar-refractivity contribution in [1.82, 2.24) is 14.8 Å². The van der Waals surface area contributed by atoms with E-state index in [0.29, 0.717) is 5.69 Å². The highest BCUT2D eigenvalue weighted by Gasteiger charge is 2.31. The van der Waals surface area contributed by atoms with Crippen LogP contribution in [-0.4, -0.2) is 42.8 Å². The number of pyridine rings is 1.